The SMILES string of the molecule is Cc1cc(C)c2c(c1)c(Cc1ccccc1)cn2C. The Morgan fingerprint density at radius 3 is 2.47 bits per heavy atom. The number of fused-ring (bicyclic) bond motifs is 1. The summed E-state index contributed by atoms with van der Waals surface area (Å²) in [4.78, 5) is 0. The van der Waals surface area contributed by atoms with Crippen LogP contribution in [0.1, 0.15) is 22.3 Å². The predicted molar refractivity (Wildman–Crippen MR) is 81.6 cm³/mol. The van der Waals surface area contributed by atoms with E-state index in [1.54, 1.807) is 0 Å². The zero-order chi connectivity index (χ0) is 13.4. The van der Waals surface area contributed by atoms with Crippen LogP contribution in [0.3, 0.4) is 0 Å². The van der Waals surface area contributed by atoms with Crippen molar-refractivity contribution in [3.05, 3.63) is 70.9 Å². The van der Waals surface area contributed by atoms with Crippen LogP contribution in [0.25, 0.3) is 10.9 Å². The molecule has 1 heteroatoms. The third kappa shape index (κ3) is 2.17. The lowest BCUT2D eigenvalue weighted by Crippen LogP contribution is -1.87. The van der Waals surface area contributed by atoms with Gasteiger partial charge in [-0.15, -0.1) is 0 Å². The van der Waals surface area contributed by atoms with Crippen molar-refractivity contribution in [1.82, 2.24) is 4.57 Å². The third-order valence-corrected chi connectivity index (χ3v) is 3.73. The number of hydrogen-bond donors (Lipinski definition) is 0. The van der Waals surface area contributed by atoms with Gasteiger partial charge in [-0.25, -0.2) is 0 Å². The number of hydrogen-bond acceptors (Lipinski definition) is 0. The van der Waals surface area contributed by atoms with E-state index in [0.717, 1.165) is 6.42 Å². The topological polar surface area (TPSA) is 4.93 Å². The summed E-state index contributed by atoms with van der Waals surface area (Å²) < 4.78 is 2.25. The molecule has 1 aromatic heterocycles. The fourth-order valence-electron chi connectivity index (χ4n) is 3.00. The maximum Gasteiger partial charge on any atom is 0.0510 e. The van der Waals surface area contributed by atoms with Crippen LogP contribution < -0.4 is 0 Å². The number of nitrogens with zero attached hydrogens (tertiary/aromatic N) is 1. The van der Waals surface area contributed by atoms with Gasteiger partial charge in [0.15, 0.2) is 0 Å². The zero-order valence-corrected chi connectivity index (χ0v) is 11.8. The first-order valence-electron chi connectivity index (χ1n) is 6.74. The summed E-state index contributed by atoms with van der Waals surface area (Å²) in [6.07, 6.45) is 3.27. The van der Waals surface area contributed by atoms with Gasteiger partial charge in [0.1, 0.15) is 0 Å². The van der Waals surface area contributed by atoms with E-state index in [1.165, 1.54) is 33.2 Å². The van der Waals surface area contributed by atoms with E-state index in [9.17, 15) is 0 Å². The van der Waals surface area contributed by atoms with Gasteiger partial charge in [-0.1, -0.05) is 42.0 Å². The highest BCUT2D eigenvalue weighted by Crippen LogP contribution is 2.27. The first-order chi connectivity index (χ1) is 9.15. The first kappa shape index (κ1) is 12.0. The molecule has 1 nitrogen and oxygen atoms in total. The minimum Gasteiger partial charge on any atom is -0.350 e. The Balaban J connectivity index is 2.14. The number of benzene rings is 2. The van der Waals surface area contributed by atoms with E-state index in [4.69, 9.17) is 0 Å². The van der Waals surface area contributed by atoms with Crippen LogP contribution in [-0.4, -0.2) is 4.57 Å². The monoisotopic (exact) mass is 249 g/mol. The van der Waals surface area contributed by atoms with Gasteiger partial charge in [0.25, 0.3) is 0 Å². The smallest absolute Gasteiger partial charge is 0.0510 e. The molecule has 0 N–H and O–H groups in total. The lowest BCUT2D eigenvalue weighted by molar-refractivity contribution is 0.953. The first-order valence-corrected chi connectivity index (χ1v) is 6.74. The van der Waals surface area contributed by atoms with E-state index >= 15 is 0 Å². The molecule has 1 heterocycles. The molecule has 0 aliphatic rings. The average Bonchev–Trinajstić information content (AvgIpc) is 2.67. The second kappa shape index (κ2) is 4.58. The van der Waals surface area contributed by atoms with Crippen LogP contribution in [-0.2, 0) is 13.5 Å². The molecular weight excluding hydrogens is 230 g/mol. The number of aromatic nitrogens is 1. The quantitative estimate of drug-likeness (QED) is 0.635. The Kier molecular flexibility index (Phi) is 2.90. The Morgan fingerprint density at radius 1 is 1.00 bits per heavy atom. The molecule has 0 atom stereocenters. The van der Waals surface area contributed by atoms with Gasteiger partial charge in [-0.3, -0.25) is 0 Å². The predicted octanol–water partition coefficient (Wildman–Crippen LogP) is 4.39. The normalized spacial score (nSPS) is 11.1. The van der Waals surface area contributed by atoms with E-state index < -0.39 is 0 Å². The molecule has 19 heavy (non-hydrogen) atoms. The molecule has 0 saturated carbocycles. The molecule has 0 fully saturated rings. The molecule has 0 aliphatic carbocycles. The van der Waals surface area contributed by atoms with Gasteiger partial charge in [0.05, 0.1) is 5.52 Å². The molecule has 96 valence electrons. The summed E-state index contributed by atoms with van der Waals surface area (Å²) in [5.74, 6) is 0. The summed E-state index contributed by atoms with van der Waals surface area (Å²) in [7, 11) is 2.14. The van der Waals surface area contributed by atoms with Gasteiger partial charge in [-0.05, 0) is 43.0 Å². The summed E-state index contributed by atoms with van der Waals surface area (Å²) in [5.41, 5.74) is 6.84. The lowest BCUT2D eigenvalue weighted by atomic mass is 10.0. The van der Waals surface area contributed by atoms with Crippen molar-refractivity contribution in [2.75, 3.05) is 0 Å². The molecule has 0 aliphatic heterocycles. The van der Waals surface area contributed by atoms with Crippen molar-refractivity contribution >= 4 is 10.9 Å². The van der Waals surface area contributed by atoms with Crippen LogP contribution in [0, 0.1) is 13.8 Å². The highest BCUT2D eigenvalue weighted by molar-refractivity contribution is 5.87. The van der Waals surface area contributed by atoms with E-state index in [1.807, 2.05) is 0 Å². The van der Waals surface area contributed by atoms with E-state index in [0.29, 0.717) is 0 Å². The molecule has 0 amide bonds. The van der Waals surface area contributed by atoms with Crippen LogP contribution >= 0.6 is 0 Å². The Labute approximate surface area is 114 Å². The highest BCUT2D eigenvalue weighted by Gasteiger charge is 2.09. The van der Waals surface area contributed by atoms with Crippen molar-refractivity contribution in [2.24, 2.45) is 7.05 Å². The molecule has 3 aromatic rings. The fraction of sp³-hybridized carbons (Fsp3) is 0.222. The van der Waals surface area contributed by atoms with Crippen molar-refractivity contribution in [2.45, 2.75) is 20.3 Å². The number of rotatable bonds is 2. The zero-order valence-electron chi connectivity index (χ0n) is 11.8. The van der Waals surface area contributed by atoms with Crippen molar-refractivity contribution in [3.8, 4) is 0 Å². The summed E-state index contributed by atoms with van der Waals surface area (Å²) in [6, 6.07) is 15.2. The maximum absolute atomic E-state index is 2.31. The highest BCUT2D eigenvalue weighted by atomic mass is 14.9. The van der Waals surface area contributed by atoms with Gasteiger partial charge < -0.3 is 4.57 Å². The van der Waals surface area contributed by atoms with Crippen LogP contribution in [0.4, 0.5) is 0 Å². The standard InChI is InChI=1S/C18H19N/c1-13-9-14(2)18-17(10-13)16(12-19(18)3)11-15-7-5-4-6-8-15/h4-10,12H,11H2,1-3H3. The molecule has 3 rings (SSSR count). The van der Waals surface area contributed by atoms with Gasteiger partial charge in [-0.2, -0.15) is 0 Å². The lowest BCUT2D eigenvalue weighted by Gasteiger charge is -2.04. The Bertz CT molecular complexity index is 720. The summed E-state index contributed by atoms with van der Waals surface area (Å²) in [5, 5.41) is 1.39. The summed E-state index contributed by atoms with van der Waals surface area (Å²) in [6.45, 7) is 4.37. The summed E-state index contributed by atoms with van der Waals surface area (Å²) >= 11 is 0. The van der Waals surface area contributed by atoms with Gasteiger partial charge in [0.2, 0.25) is 0 Å². The Morgan fingerprint density at radius 2 is 1.74 bits per heavy atom. The Hall–Kier alpha value is -2.02. The van der Waals surface area contributed by atoms with Crippen LogP contribution in [0.5, 0.6) is 0 Å². The molecule has 0 radical (unpaired) electrons. The second-order valence-corrected chi connectivity index (χ2v) is 5.41. The van der Waals surface area contributed by atoms with E-state index in [-0.39, 0.29) is 0 Å². The molecule has 0 saturated heterocycles. The van der Waals surface area contributed by atoms with Gasteiger partial charge >= 0.3 is 0 Å². The average molecular weight is 249 g/mol. The largest absolute Gasteiger partial charge is 0.350 e. The third-order valence-electron chi connectivity index (χ3n) is 3.73. The maximum atomic E-state index is 2.31. The van der Waals surface area contributed by atoms with Crippen molar-refractivity contribution in [1.29, 1.82) is 0 Å². The molecule has 0 spiro atoms. The minimum absolute atomic E-state index is 1.00. The molecule has 2 aromatic carbocycles. The molecule has 0 unspecified atom stereocenters. The van der Waals surface area contributed by atoms with Crippen LogP contribution in [0.2, 0.25) is 0 Å². The minimum atomic E-state index is 1.00. The second-order valence-electron chi connectivity index (χ2n) is 5.41. The van der Waals surface area contributed by atoms with Crippen molar-refractivity contribution in [3.63, 3.8) is 0 Å². The van der Waals surface area contributed by atoms with Crippen LogP contribution in [0.15, 0.2) is 48.7 Å². The van der Waals surface area contributed by atoms with Crippen molar-refractivity contribution < 1.29 is 0 Å². The van der Waals surface area contributed by atoms with Gasteiger partial charge in [0, 0.05) is 18.6 Å². The molecular formula is C18H19N. The fourth-order valence-corrected chi connectivity index (χ4v) is 3.00. The van der Waals surface area contributed by atoms with E-state index in [2.05, 4.69) is 74.1 Å². The number of aryl methyl sites for hydroxylation is 3. The molecule has 0 bridgehead atoms.